The molecule has 0 radical (unpaired) electrons. The standard InChI is InChI=1S/C8H17N3O2/c1-3-7(9)11-6-8(12)10-4-5-13-2/h3-6H2,1-2H3,(H2,9,11)(H,10,12). The summed E-state index contributed by atoms with van der Waals surface area (Å²) >= 11 is 0. The molecule has 76 valence electrons. The van der Waals surface area contributed by atoms with Gasteiger partial charge in [0.15, 0.2) is 0 Å². The second kappa shape index (κ2) is 7.54. The van der Waals surface area contributed by atoms with Gasteiger partial charge in [-0.2, -0.15) is 0 Å². The van der Waals surface area contributed by atoms with Crippen LogP contribution in [-0.2, 0) is 9.53 Å². The smallest absolute Gasteiger partial charge is 0.241 e. The predicted molar refractivity (Wildman–Crippen MR) is 51.7 cm³/mol. The van der Waals surface area contributed by atoms with E-state index >= 15 is 0 Å². The molecule has 0 aromatic heterocycles. The molecular weight excluding hydrogens is 170 g/mol. The Morgan fingerprint density at radius 1 is 1.62 bits per heavy atom. The molecule has 0 aromatic rings. The third-order valence-corrected chi connectivity index (χ3v) is 1.42. The number of hydrogen-bond acceptors (Lipinski definition) is 3. The molecule has 3 N–H and O–H groups in total. The van der Waals surface area contributed by atoms with E-state index in [1.54, 1.807) is 7.11 Å². The average molecular weight is 187 g/mol. The molecule has 0 spiro atoms. The van der Waals surface area contributed by atoms with Gasteiger partial charge in [-0.15, -0.1) is 0 Å². The van der Waals surface area contributed by atoms with E-state index in [1.807, 2.05) is 6.92 Å². The largest absolute Gasteiger partial charge is 0.387 e. The summed E-state index contributed by atoms with van der Waals surface area (Å²) in [6, 6.07) is 0. The van der Waals surface area contributed by atoms with E-state index in [0.29, 0.717) is 25.4 Å². The number of carbonyl (C=O) groups excluding carboxylic acids is 1. The summed E-state index contributed by atoms with van der Waals surface area (Å²) in [6.45, 7) is 3.01. The van der Waals surface area contributed by atoms with Crippen molar-refractivity contribution < 1.29 is 9.53 Å². The lowest BCUT2D eigenvalue weighted by Crippen LogP contribution is -2.29. The molecular formula is C8H17N3O2. The molecule has 0 aliphatic heterocycles. The van der Waals surface area contributed by atoms with Crippen LogP contribution in [-0.4, -0.2) is 38.5 Å². The van der Waals surface area contributed by atoms with Gasteiger partial charge in [-0.1, -0.05) is 6.92 Å². The summed E-state index contributed by atoms with van der Waals surface area (Å²) in [5.74, 6) is 0.371. The van der Waals surface area contributed by atoms with Gasteiger partial charge >= 0.3 is 0 Å². The first-order valence-corrected chi connectivity index (χ1v) is 4.25. The Kier molecular flexibility index (Phi) is 6.91. The Morgan fingerprint density at radius 3 is 2.85 bits per heavy atom. The van der Waals surface area contributed by atoms with Crippen molar-refractivity contribution >= 4 is 11.7 Å². The minimum absolute atomic E-state index is 0.101. The van der Waals surface area contributed by atoms with Crippen molar-refractivity contribution in [2.24, 2.45) is 10.7 Å². The van der Waals surface area contributed by atoms with Crippen LogP contribution in [0.1, 0.15) is 13.3 Å². The number of methoxy groups -OCH3 is 1. The third kappa shape index (κ3) is 7.27. The topological polar surface area (TPSA) is 76.7 Å². The molecule has 0 atom stereocenters. The zero-order valence-corrected chi connectivity index (χ0v) is 8.17. The molecule has 13 heavy (non-hydrogen) atoms. The van der Waals surface area contributed by atoms with Gasteiger partial charge in [-0.25, -0.2) is 0 Å². The monoisotopic (exact) mass is 187 g/mol. The molecule has 0 heterocycles. The predicted octanol–water partition coefficient (Wildman–Crippen LogP) is -0.484. The number of amides is 1. The number of carbonyl (C=O) groups is 1. The molecule has 0 saturated heterocycles. The van der Waals surface area contributed by atoms with Crippen LogP contribution >= 0.6 is 0 Å². The zero-order valence-electron chi connectivity index (χ0n) is 8.17. The second-order valence-electron chi connectivity index (χ2n) is 2.50. The summed E-state index contributed by atoms with van der Waals surface area (Å²) in [7, 11) is 1.58. The highest BCUT2D eigenvalue weighted by Gasteiger charge is 1.97. The Labute approximate surface area is 78.4 Å². The highest BCUT2D eigenvalue weighted by Crippen LogP contribution is 1.78. The Bertz CT molecular complexity index is 180. The highest BCUT2D eigenvalue weighted by atomic mass is 16.5. The fourth-order valence-electron chi connectivity index (χ4n) is 0.634. The molecule has 0 aliphatic carbocycles. The lowest BCUT2D eigenvalue weighted by molar-refractivity contribution is -0.119. The molecule has 0 aliphatic rings. The second-order valence-corrected chi connectivity index (χ2v) is 2.50. The fourth-order valence-corrected chi connectivity index (χ4v) is 0.634. The van der Waals surface area contributed by atoms with Gasteiger partial charge in [0, 0.05) is 20.1 Å². The number of ether oxygens (including phenoxy) is 1. The number of rotatable bonds is 6. The number of nitrogens with zero attached hydrogens (tertiary/aromatic N) is 1. The van der Waals surface area contributed by atoms with E-state index in [4.69, 9.17) is 10.5 Å². The molecule has 0 aromatic carbocycles. The van der Waals surface area contributed by atoms with Crippen molar-refractivity contribution in [3.8, 4) is 0 Å². The molecule has 0 rings (SSSR count). The van der Waals surface area contributed by atoms with Crippen LogP contribution < -0.4 is 11.1 Å². The maximum Gasteiger partial charge on any atom is 0.241 e. The number of nitrogens with two attached hydrogens (primary N) is 1. The van der Waals surface area contributed by atoms with Crippen molar-refractivity contribution in [3.05, 3.63) is 0 Å². The van der Waals surface area contributed by atoms with Gasteiger partial charge in [-0.05, 0) is 0 Å². The van der Waals surface area contributed by atoms with Crippen molar-refractivity contribution in [1.82, 2.24) is 5.32 Å². The van der Waals surface area contributed by atoms with Gasteiger partial charge in [0.25, 0.3) is 0 Å². The average Bonchev–Trinajstić information content (AvgIpc) is 2.14. The van der Waals surface area contributed by atoms with E-state index in [-0.39, 0.29) is 12.5 Å². The molecule has 0 unspecified atom stereocenters. The fraction of sp³-hybridized carbons (Fsp3) is 0.750. The van der Waals surface area contributed by atoms with E-state index in [0.717, 1.165) is 0 Å². The third-order valence-electron chi connectivity index (χ3n) is 1.42. The first kappa shape index (κ1) is 11.9. The van der Waals surface area contributed by atoms with Gasteiger partial charge in [0.05, 0.1) is 12.4 Å². The van der Waals surface area contributed by atoms with Crippen molar-refractivity contribution in [2.75, 3.05) is 26.8 Å². The number of hydrogen-bond donors (Lipinski definition) is 2. The number of nitrogens with one attached hydrogen (secondary N) is 1. The van der Waals surface area contributed by atoms with E-state index < -0.39 is 0 Å². The summed E-state index contributed by atoms with van der Waals surface area (Å²) in [5.41, 5.74) is 5.42. The summed E-state index contributed by atoms with van der Waals surface area (Å²) < 4.78 is 4.76. The van der Waals surface area contributed by atoms with Crippen molar-refractivity contribution in [1.29, 1.82) is 0 Å². The zero-order chi connectivity index (χ0) is 10.1. The highest BCUT2D eigenvalue weighted by molar-refractivity contribution is 5.84. The van der Waals surface area contributed by atoms with Crippen molar-refractivity contribution in [2.45, 2.75) is 13.3 Å². The minimum atomic E-state index is -0.131. The first-order valence-electron chi connectivity index (χ1n) is 4.25. The maximum absolute atomic E-state index is 11.0. The lowest BCUT2D eigenvalue weighted by Gasteiger charge is -2.01. The Balaban J connectivity index is 3.51. The van der Waals surface area contributed by atoms with Crippen LogP contribution in [0.5, 0.6) is 0 Å². The van der Waals surface area contributed by atoms with Gasteiger partial charge in [-0.3, -0.25) is 9.79 Å². The van der Waals surface area contributed by atoms with Crippen LogP contribution in [0.15, 0.2) is 4.99 Å². The van der Waals surface area contributed by atoms with Crippen molar-refractivity contribution in [3.63, 3.8) is 0 Å². The molecule has 0 fully saturated rings. The van der Waals surface area contributed by atoms with Crippen LogP contribution in [0.2, 0.25) is 0 Å². The number of aliphatic imine (C=N–C) groups is 1. The van der Waals surface area contributed by atoms with E-state index in [1.165, 1.54) is 0 Å². The van der Waals surface area contributed by atoms with Gasteiger partial charge < -0.3 is 15.8 Å². The number of amidine groups is 1. The first-order chi connectivity index (χ1) is 6.20. The quantitative estimate of drug-likeness (QED) is 0.335. The summed E-state index contributed by atoms with van der Waals surface area (Å²) in [6.07, 6.45) is 0.672. The molecule has 1 amide bonds. The molecule has 0 saturated carbocycles. The lowest BCUT2D eigenvalue weighted by atomic mass is 10.4. The summed E-state index contributed by atoms with van der Waals surface area (Å²) in [4.78, 5) is 14.9. The van der Waals surface area contributed by atoms with Crippen LogP contribution in [0.4, 0.5) is 0 Å². The molecule has 5 heteroatoms. The molecule has 0 bridgehead atoms. The van der Waals surface area contributed by atoms with Crippen LogP contribution in [0.25, 0.3) is 0 Å². The van der Waals surface area contributed by atoms with Crippen LogP contribution in [0.3, 0.4) is 0 Å². The SMILES string of the molecule is CCC(N)=NCC(=O)NCCOC. The summed E-state index contributed by atoms with van der Waals surface area (Å²) in [5, 5.41) is 2.64. The van der Waals surface area contributed by atoms with Crippen LogP contribution in [0, 0.1) is 0 Å². The maximum atomic E-state index is 11.0. The minimum Gasteiger partial charge on any atom is -0.387 e. The van der Waals surface area contributed by atoms with E-state index in [2.05, 4.69) is 10.3 Å². The normalized spacial score (nSPS) is 11.4. The Morgan fingerprint density at radius 2 is 2.31 bits per heavy atom. The molecule has 5 nitrogen and oxygen atoms in total. The van der Waals surface area contributed by atoms with Gasteiger partial charge in [0.1, 0.15) is 6.54 Å². The van der Waals surface area contributed by atoms with E-state index in [9.17, 15) is 4.79 Å². The van der Waals surface area contributed by atoms with Gasteiger partial charge in [0.2, 0.25) is 5.91 Å². The Hall–Kier alpha value is -1.10.